The number of nitro groups is 1. The van der Waals surface area contributed by atoms with Crippen LogP contribution in [0.1, 0.15) is 5.56 Å². The van der Waals surface area contributed by atoms with Gasteiger partial charge < -0.3 is 9.47 Å². The van der Waals surface area contributed by atoms with Crippen molar-refractivity contribution in [3.63, 3.8) is 0 Å². The Balaban J connectivity index is 2.47. The SMILES string of the molecule is COc1ccc(Oc2c(Cl)cccc2CCl)c([N+](=O)[O-])c1. The summed E-state index contributed by atoms with van der Waals surface area (Å²) in [5.74, 6) is 0.924. The maximum atomic E-state index is 11.1. The van der Waals surface area contributed by atoms with Crippen LogP contribution in [0.15, 0.2) is 36.4 Å². The Morgan fingerprint density at radius 3 is 2.67 bits per heavy atom. The molecule has 0 aliphatic carbocycles. The van der Waals surface area contributed by atoms with E-state index in [1.807, 2.05) is 0 Å². The Labute approximate surface area is 131 Å². The smallest absolute Gasteiger partial charge is 0.315 e. The largest absolute Gasteiger partial charge is 0.496 e. The normalized spacial score (nSPS) is 10.2. The number of nitrogens with zero attached hydrogens (tertiary/aromatic N) is 1. The summed E-state index contributed by atoms with van der Waals surface area (Å²) in [5, 5.41) is 11.5. The minimum Gasteiger partial charge on any atom is -0.496 e. The van der Waals surface area contributed by atoms with Gasteiger partial charge in [-0.25, -0.2) is 0 Å². The zero-order valence-corrected chi connectivity index (χ0v) is 12.5. The van der Waals surface area contributed by atoms with Gasteiger partial charge in [-0.15, -0.1) is 11.6 Å². The molecule has 7 heteroatoms. The van der Waals surface area contributed by atoms with Gasteiger partial charge in [0.1, 0.15) is 5.75 Å². The number of methoxy groups -OCH3 is 1. The van der Waals surface area contributed by atoms with Gasteiger partial charge in [-0.1, -0.05) is 23.7 Å². The fraction of sp³-hybridized carbons (Fsp3) is 0.143. The van der Waals surface area contributed by atoms with Gasteiger partial charge in [0, 0.05) is 5.56 Å². The minimum absolute atomic E-state index is 0.0697. The van der Waals surface area contributed by atoms with Crippen molar-refractivity contribution in [2.45, 2.75) is 5.88 Å². The zero-order valence-electron chi connectivity index (χ0n) is 11.0. The van der Waals surface area contributed by atoms with Crippen molar-refractivity contribution in [1.82, 2.24) is 0 Å². The lowest BCUT2D eigenvalue weighted by atomic mass is 10.2. The molecule has 0 aliphatic heterocycles. The van der Waals surface area contributed by atoms with Gasteiger partial charge in [0.05, 0.1) is 29.0 Å². The number of ether oxygens (including phenoxy) is 2. The first-order valence-corrected chi connectivity index (χ1v) is 6.81. The average Bonchev–Trinajstić information content (AvgIpc) is 2.49. The highest BCUT2D eigenvalue weighted by Crippen LogP contribution is 2.39. The van der Waals surface area contributed by atoms with E-state index < -0.39 is 4.92 Å². The monoisotopic (exact) mass is 327 g/mol. The maximum absolute atomic E-state index is 11.1. The van der Waals surface area contributed by atoms with Crippen LogP contribution in [0.25, 0.3) is 0 Å². The van der Waals surface area contributed by atoms with Crippen molar-refractivity contribution < 1.29 is 14.4 Å². The van der Waals surface area contributed by atoms with Crippen molar-refractivity contribution in [2.75, 3.05) is 7.11 Å². The third-order valence-electron chi connectivity index (χ3n) is 2.77. The van der Waals surface area contributed by atoms with Crippen LogP contribution < -0.4 is 9.47 Å². The van der Waals surface area contributed by atoms with Crippen LogP contribution in [-0.2, 0) is 5.88 Å². The Morgan fingerprint density at radius 1 is 1.29 bits per heavy atom. The van der Waals surface area contributed by atoms with Crippen LogP contribution in [0.5, 0.6) is 17.2 Å². The summed E-state index contributed by atoms with van der Waals surface area (Å²) >= 11 is 11.9. The predicted molar refractivity (Wildman–Crippen MR) is 80.7 cm³/mol. The summed E-state index contributed by atoms with van der Waals surface area (Å²) in [4.78, 5) is 10.6. The molecule has 0 saturated carbocycles. The summed E-state index contributed by atoms with van der Waals surface area (Å²) < 4.78 is 10.6. The number of benzene rings is 2. The van der Waals surface area contributed by atoms with E-state index in [0.29, 0.717) is 22.1 Å². The summed E-state index contributed by atoms with van der Waals surface area (Å²) in [6.07, 6.45) is 0. The average molecular weight is 328 g/mol. The van der Waals surface area contributed by atoms with Gasteiger partial charge in [0.2, 0.25) is 5.75 Å². The molecular weight excluding hydrogens is 317 g/mol. The van der Waals surface area contributed by atoms with Gasteiger partial charge >= 0.3 is 5.69 Å². The van der Waals surface area contributed by atoms with Crippen LogP contribution in [0.4, 0.5) is 5.69 Å². The number of alkyl halides is 1. The fourth-order valence-electron chi connectivity index (χ4n) is 1.74. The summed E-state index contributed by atoms with van der Waals surface area (Å²) in [5.41, 5.74) is 0.434. The molecule has 0 amide bonds. The summed E-state index contributed by atoms with van der Waals surface area (Å²) in [6, 6.07) is 9.41. The van der Waals surface area contributed by atoms with Crippen LogP contribution in [-0.4, -0.2) is 12.0 Å². The van der Waals surface area contributed by atoms with Crippen LogP contribution in [0.3, 0.4) is 0 Å². The standard InChI is InChI=1S/C14H11Cl2NO4/c1-20-10-5-6-13(12(7-10)17(18)19)21-14-9(8-15)3-2-4-11(14)16/h2-7H,8H2,1H3. The Bertz CT molecular complexity index is 676. The second-order valence-electron chi connectivity index (χ2n) is 4.05. The number of para-hydroxylation sites is 1. The molecule has 0 heterocycles. The molecule has 2 rings (SSSR count). The third kappa shape index (κ3) is 3.37. The molecule has 110 valence electrons. The molecule has 0 bridgehead atoms. The molecule has 0 unspecified atom stereocenters. The first kappa shape index (κ1) is 15.4. The molecule has 21 heavy (non-hydrogen) atoms. The highest BCUT2D eigenvalue weighted by molar-refractivity contribution is 6.32. The Hall–Kier alpha value is -1.98. The number of hydrogen-bond donors (Lipinski definition) is 0. The van der Waals surface area contributed by atoms with Crippen molar-refractivity contribution in [1.29, 1.82) is 0 Å². The van der Waals surface area contributed by atoms with Crippen LogP contribution in [0, 0.1) is 10.1 Å². The van der Waals surface area contributed by atoms with Gasteiger partial charge in [0.25, 0.3) is 0 Å². The molecule has 0 radical (unpaired) electrons. The van der Waals surface area contributed by atoms with Crippen LogP contribution in [0.2, 0.25) is 5.02 Å². The highest BCUT2D eigenvalue weighted by Gasteiger charge is 2.19. The molecule has 0 saturated heterocycles. The number of nitro benzene ring substituents is 1. The molecule has 0 spiro atoms. The first-order valence-electron chi connectivity index (χ1n) is 5.90. The van der Waals surface area contributed by atoms with E-state index in [1.54, 1.807) is 24.3 Å². The van der Waals surface area contributed by atoms with Gasteiger partial charge in [0.15, 0.2) is 5.75 Å². The van der Waals surface area contributed by atoms with E-state index >= 15 is 0 Å². The minimum atomic E-state index is -0.547. The van der Waals surface area contributed by atoms with E-state index in [9.17, 15) is 10.1 Å². The van der Waals surface area contributed by atoms with Crippen molar-refractivity contribution in [3.8, 4) is 17.2 Å². The topological polar surface area (TPSA) is 61.6 Å². The van der Waals surface area contributed by atoms with Crippen molar-refractivity contribution >= 4 is 28.9 Å². The molecule has 2 aromatic rings. The lowest BCUT2D eigenvalue weighted by molar-refractivity contribution is -0.385. The summed E-state index contributed by atoms with van der Waals surface area (Å²) in [6.45, 7) is 0. The lowest BCUT2D eigenvalue weighted by Gasteiger charge is -2.12. The molecule has 0 atom stereocenters. The second kappa shape index (κ2) is 6.65. The molecular formula is C14H11Cl2NO4. The quantitative estimate of drug-likeness (QED) is 0.450. The number of rotatable bonds is 5. The van der Waals surface area contributed by atoms with Gasteiger partial charge in [-0.3, -0.25) is 10.1 Å². The van der Waals surface area contributed by atoms with E-state index in [0.717, 1.165) is 0 Å². The lowest BCUT2D eigenvalue weighted by Crippen LogP contribution is -1.96. The Kier molecular flexibility index (Phi) is 4.88. The number of hydrogen-bond acceptors (Lipinski definition) is 4. The van der Waals surface area contributed by atoms with E-state index in [2.05, 4.69) is 0 Å². The van der Waals surface area contributed by atoms with E-state index in [1.165, 1.54) is 19.2 Å². The van der Waals surface area contributed by atoms with Crippen molar-refractivity contribution in [3.05, 3.63) is 57.1 Å². The number of halogens is 2. The van der Waals surface area contributed by atoms with Crippen molar-refractivity contribution in [2.24, 2.45) is 0 Å². The highest BCUT2D eigenvalue weighted by atomic mass is 35.5. The van der Waals surface area contributed by atoms with Gasteiger partial charge in [-0.05, 0) is 18.2 Å². The predicted octanol–water partition coefficient (Wildman–Crippen LogP) is 4.79. The van der Waals surface area contributed by atoms with E-state index in [4.69, 9.17) is 32.7 Å². The molecule has 0 N–H and O–H groups in total. The Morgan fingerprint density at radius 2 is 2.05 bits per heavy atom. The fourth-order valence-corrected chi connectivity index (χ4v) is 2.18. The maximum Gasteiger partial charge on any atom is 0.315 e. The molecule has 0 aromatic heterocycles. The third-order valence-corrected chi connectivity index (χ3v) is 3.35. The molecule has 2 aromatic carbocycles. The molecule has 5 nitrogen and oxygen atoms in total. The van der Waals surface area contributed by atoms with E-state index in [-0.39, 0.29) is 17.3 Å². The first-order chi connectivity index (χ1) is 10.1. The zero-order chi connectivity index (χ0) is 15.4. The summed E-state index contributed by atoms with van der Waals surface area (Å²) in [7, 11) is 1.43. The molecule has 0 aliphatic rings. The second-order valence-corrected chi connectivity index (χ2v) is 4.73. The van der Waals surface area contributed by atoms with Gasteiger partial charge in [-0.2, -0.15) is 0 Å². The van der Waals surface area contributed by atoms with Crippen LogP contribution >= 0.6 is 23.2 Å². The molecule has 0 fully saturated rings.